The fourth-order valence-electron chi connectivity index (χ4n) is 3.12. The Hall–Kier alpha value is -2.35. The second-order valence-electron chi connectivity index (χ2n) is 6.44. The first kappa shape index (κ1) is 20.9. The summed E-state index contributed by atoms with van der Waals surface area (Å²) in [6.45, 7) is 0. The number of hydrogen-bond acceptors (Lipinski definition) is 3. The molecule has 5 nitrogen and oxygen atoms in total. The van der Waals surface area contributed by atoms with E-state index >= 15 is 0 Å². The average Bonchev–Trinajstić information content (AvgIpc) is 3.12. The Labute approximate surface area is 188 Å². The summed E-state index contributed by atoms with van der Waals surface area (Å²) in [5.74, 6) is 0. The Morgan fingerprint density at radius 3 is 2.10 bits per heavy atom. The molecule has 9 heteroatoms. The molecular weight excluding hydrogens is 465 g/mol. The minimum atomic E-state index is -4.01. The third kappa shape index (κ3) is 3.97. The van der Waals surface area contributed by atoms with Crippen molar-refractivity contribution in [1.82, 2.24) is 9.78 Å². The summed E-state index contributed by atoms with van der Waals surface area (Å²) in [7, 11) is -4.01. The van der Waals surface area contributed by atoms with Gasteiger partial charge in [-0.2, -0.15) is 5.10 Å². The number of halogens is 3. The van der Waals surface area contributed by atoms with E-state index in [0.29, 0.717) is 32.0 Å². The molecule has 0 saturated carbocycles. The van der Waals surface area contributed by atoms with Crippen LogP contribution < -0.4 is 5.14 Å². The zero-order valence-electron chi connectivity index (χ0n) is 15.3. The van der Waals surface area contributed by atoms with Gasteiger partial charge in [-0.05, 0) is 42.5 Å². The van der Waals surface area contributed by atoms with Crippen molar-refractivity contribution < 1.29 is 8.42 Å². The molecule has 4 rings (SSSR count). The third-order valence-electron chi connectivity index (χ3n) is 4.47. The standard InChI is InChI=1S/C21H14Cl3N3O2S/c22-14-10-8-13(9-11-14)17-12-19(21-15(23)4-3-5-16(21)24)27(26-17)18-6-1-2-7-20(18)30(25,28)29/h1-12H,(H2,25,28,29). The van der Waals surface area contributed by atoms with Gasteiger partial charge in [0.2, 0.25) is 10.0 Å². The summed E-state index contributed by atoms with van der Waals surface area (Å²) in [6.07, 6.45) is 0. The Balaban J connectivity index is 2.05. The van der Waals surface area contributed by atoms with E-state index in [1.165, 1.54) is 10.7 Å². The molecule has 0 saturated heterocycles. The number of para-hydroxylation sites is 1. The van der Waals surface area contributed by atoms with Crippen molar-refractivity contribution in [2.45, 2.75) is 4.90 Å². The molecule has 1 heterocycles. The summed E-state index contributed by atoms with van der Waals surface area (Å²) in [5.41, 5.74) is 2.70. The molecule has 1 aromatic heterocycles. The van der Waals surface area contributed by atoms with E-state index in [0.717, 1.165) is 5.56 Å². The number of hydrogen-bond donors (Lipinski definition) is 1. The van der Waals surface area contributed by atoms with Gasteiger partial charge < -0.3 is 0 Å². The molecule has 0 atom stereocenters. The van der Waals surface area contributed by atoms with Crippen LogP contribution >= 0.6 is 34.8 Å². The van der Waals surface area contributed by atoms with Crippen LogP contribution in [0.3, 0.4) is 0 Å². The molecule has 0 fully saturated rings. The maximum Gasteiger partial charge on any atom is 0.240 e. The van der Waals surface area contributed by atoms with Crippen molar-refractivity contribution in [3.63, 3.8) is 0 Å². The molecule has 3 aromatic carbocycles. The van der Waals surface area contributed by atoms with E-state index in [2.05, 4.69) is 5.10 Å². The van der Waals surface area contributed by atoms with Crippen LogP contribution in [0.5, 0.6) is 0 Å². The van der Waals surface area contributed by atoms with E-state index in [9.17, 15) is 8.42 Å². The largest absolute Gasteiger partial charge is 0.240 e. The lowest BCUT2D eigenvalue weighted by Gasteiger charge is -2.13. The number of rotatable bonds is 4. The molecule has 0 amide bonds. The van der Waals surface area contributed by atoms with Gasteiger partial charge in [-0.1, -0.05) is 65.1 Å². The first-order valence-corrected chi connectivity index (χ1v) is 11.4. The highest BCUT2D eigenvalue weighted by atomic mass is 35.5. The summed E-state index contributed by atoms with van der Waals surface area (Å²) in [4.78, 5) is -0.0693. The van der Waals surface area contributed by atoms with Crippen LogP contribution in [0.1, 0.15) is 0 Å². The van der Waals surface area contributed by atoms with Crippen molar-refractivity contribution in [2.75, 3.05) is 0 Å². The number of primary sulfonamides is 1. The molecule has 0 bridgehead atoms. The molecule has 0 aliphatic carbocycles. The van der Waals surface area contributed by atoms with Gasteiger partial charge in [-0.3, -0.25) is 0 Å². The predicted molar refractivity (Wildman–Crippen MR) is 121 cm³/mol. The van der Waals surface area contributed by atoms with E-state index in [4.69, 9.17) is 39.9 Å². The number of sulfonamides is 1. The average molecular weight is 479 g/mol. The Morgan fingerprint density at radius 1 is 0.833 bits per heavy atom. The predicted octanol–water partition coefficient (Wildman–Crippen LogP) is 5.81. The second kappa shape index (κ2) is 8.06. The highest BCUT2D eigenvalue weighted by Crippen LogP contribution is 2.38. The summed E-state index contributed by atoms with van der Waals surface area (Å²) < 4.78 is 25.9. The van der Waals surface area contributed by atoms with Gasteiger partial charge in [-0.15, -0.1) is 0 Å². The van der Waals surface area contributed by atoms with Gasteiger partial charge in [-0.25, -0.2) is 18.2 Å². The van der Waals surface area contributed by atoms with Crippen LogP contribution in [-0.2, 0) is 10.0 Å². The number of benzene rings is 3. The molecular formula is C21H14Cl3N3O2S. The molecule has 30 heavy (non-hydrogen) atoms. The SMILES string of the molecule is NS(=O)(=O)c1ccccc1-n1nc(-c2ccc(Cl)cc2)cc1-c1c(Cl)cccc1Cl. The maximum absolute atomic E-state index is 12.2. The Morgan fingerprint density at radius 2 is 1.47 bits per heavy atom. The van der Waals surface area contributed by atoms with E-state index in [1.54, 1.807) is 54.6 Å². The Bertz CT molecular complexity index is 1330. The zero-order valence-corrected chi connectivity index (χ0v) is 18.3. The summed E-state index contributed by atoms with van der Waals surface area (Å²) in [5, 5.41) is 11.5. The van der Waals surface area contributed by atoms with E-state index < -0.39 is 10.0 Å². The number of nitrogens with two attached hydrogens (primary N) is 1. The van der Waals surface area contributed by atoms with Crippen LogP contribution in [0, 0.1) is 0 Å². The summed E-state index contributed by atoms with van der Waals surface area (Å²) in [6, 6.07) is 20.4. The molecule has 152 valence electrons. The third-order valence-corrected chi connectivity index (χ3v) is 6.31. The monoisotopic (exact) mass is 477 g/mol. The highest BCUT2D eigenvalue weighted by Gasteiger charge is 2.22. The molecule has 2 N–H and O–H groups in total. The van der Waals surface area contributed by atoms with Crippen molar-refractivity contribution in [3.05, 3.63) is 87.9 Å². The van der Waals surface area contributed by atoms with Gasteiger partial charge in [0.05, 0.1) is 27.1 Å². The van der Waals surface area contributed by atoms with Crippen molar-refractivity contribution in [1.29, 1.82) is 0 Å². The minimum Gasteiger partial charge on any atom is -0.231 e. The first-order valence-electron chi connectivity index (χ1n) is 8.68. The van der Waals surface area contributed by atoms with Crippen LogP contribution in [-0.4, -0.2) is 18.2 Å². The zero-order chi connectivity index (χ0) is 21.5. The van der Waals surface area contributed by atoms with Crippen molar-refractivity contribution in [3.8, 4) is 28.2 Å². The van der Waals surface area contributed by atoms with E-state index in [-0.39, 0.29) is 10.6 Å². The number of nitrogens with zero attached hydrogens (tertiary/aromatic N) is 2. The van der Waals surface area contributed by atoms with Crippen LogP contribution in [0.4, 0.5) is 0 Å². The van der Waals surface area contributed by atoms with E-state index in [1.807, 2.05) is 12.1 Å². The van der Waals surface area contributed by atoms with Gasteiger partial charge >= 0.3 is 0 Å². The fraction of sp³-hybridized carbons (Fsp3) is 0. The molecule has 4 aromatic rings. The smallest absolute Gasteiger partial charge is 0.231 e. The topological polar surface area (TPSA) is 78.0 Å². The Kier molecular flexibility index (Phi) is 5.61. The van der Waals surface area contributed by atoms with Gasteiger partial charge in [0, 0.05) is 16.1 Å². The highest BCUT2D eigenvalue weighted by molar-refractivity contribution is 7.89. The minimum absolute atomic E-state index is 0.0693. The molecule has 0 radical (unpaired) electrons. The van der Waals surface area contributed by atoms with Crippen LogP contribution in [0.15, 0.2) is 77.7 Å². The van der Waals surface area contributed by atoms with Crippen molar-refractivity contribution in [2.24, 2.45) is 5.14 Å². The quantitative estimate of drug-likeness (QED) is 0.402. The normalized spacial score (nSPS) is 11.6. The fourth-order valence-corrected chi connectivity index (χ4v) is 4.55. The molecule has 0 unspecified atom stereocenters. The second-order valence-corrected chi connectivity index (χ2v) is 9.22. The molecule has 0 aliphatic rings. The van der Waals surface area contributed by atoms with Gasteiger partial charge in [0.15, 0.2) is 0 Å². The van der Waals surface area contributed by atoms with Crippen molar-refractivity contribution >= 4 is 44.8 Å². The summed E-state index contributed by atoms with van der Waals surface area (Å²) >= 11 is 18.9. The number of aromatic nitrogens is 2. The molecule has 0 aliphatic heterocycles. The lowest BCUT2D eigenvalue weighted by molar-refractivity contribution is 0.596. The maximum atomic E-state index is 12.2. The van der Waals surface area contributed by atoms with Gasteiger partial charge in [0.1, 0.15) is 4.90 Å². The van der Waals surface area contributed by atoms with Gasteiger partial charge in [0.25, 0.3) is 0 Å². The van der Waals surface area contributed by atoms with Crippen LogP contribution in [0.2, 0.25) is 15.1 Å². The molecule has 0 spiro atoms. The lowest BCUT2D eigenvalue weighted by Crippen LogP contribution is -2.16. The lowest BCUT2D eigenvalue weighted by atomic mass is 10.1. The van der Waals surface area contributed by atoms with Crippen LogP contribution in [0.25, 0.3) is 28.2 Å². The first-order chi connectivity index (χ1) is 14.3.